The standard InChI is InChI=1S/C17H23NO4/c1-11(2)16(17(20)21)18-15(19)10-22-14-8-7-12-5-3-4-6-13(12)9-14/h7-9,11,16H,3-6,10H2,1-2H3,(H,18,19)(H,20,21). The number of hydrogen-bond donors (Lipinski definition) is 2. The van der Waals surface area contributed by atoms with Crippen molar-refractivity contribution in [3.05, 3.63) is 29.3 Å². The zero-order chi connectivity index (χ0) is 16.1. The number of carboxylic acids is 1. The smallest absolute Gasteiger partial charge is 0.326 e. The Hall–Kier alpha value is -2.04. The normalized spacial score (nSPS) is 15.0. The Morgan fingerprint density at radius 3 is 2.55 bits per heavy atom. The van der Waals surface area contributed by atoms with Gasteiger partial charge in [-0.15, -0.1) is 0 Å². The third kappa shape index (κ3) is 4.23. The predicted molar refractivity (Wildman–Crippen MR) is 83.0 cm³/mol. The highest BCUT2D eigenvalue weighted by atomic mass is 16.5. The maximum atomic E-state index is 11.8. The third-order valence-corrected chi connectivity index (χ3v) is 3.94. The minimum Gasteiger partial charge on any atom is -0.484 e. The van der Waals surface area contributed by atoms with Gasteiger partial charge in [-0.25, -0.2) is 4.79 Å². The molecule has 2 N–H and O–H groups in total. The number of ether oxygens (including phenoxy) is 1. The molecule has 0 saturated heterocycles. The van der Waals surface area contributed by atoms with E-state index in [2.05, 4.69) is 11.4 Å². The highest BCUT2D eigenvalue weighted by Crippen LogP contribution is 2.25. The molecule has 1 aromatic rings. The van der Waals surface area contributed by atoms with Crippen LogP contribution in [0.2, 0.25) is 0 Å². The van der Waals surface area contributed by atoms with Crippen LogP contribution >= 0.6 is 0 Å². The Bertz CT molecular complexity index is 554. The van der Waals surface area contributed by atoms with Crippen LogP contribution in [0.3, 0.4) is 0 Å². The first kappa shape index (κ1) is 16.3. The molecular formula is C17H23NO4. The van der Waals surface area contributed by atoms with Gasteiger partial charge in [0.05, 0.1) is 0 Å². The summed E-state index contributed by atoms with van der Waals surface area (Å²) in [4.78, 5) is 22.9. The molecule has 0 fully saturated rings. The minimum atomic E-state index is -1.03. The van der Waals surface area contributed by atoms with Crippen LogP contribution in [0.1, 0.15) is 37.8 Å². The number of carboxylic acid groups (broad SMARTS) is 1. The maximum Gasteiger partial charge on any atom is 0.326 e. The first-order valence-corrected chi connectivity index (χ1v) is 7.74. The number of aliphatic carboxylic acids is 1. The Labute approximate surface area is 130 Å². The minimum absolute atomic E-state index is 0.171. The maximum absolute atomic E-state index is 11.8. The molecule has 1 unspecified atom stereocenters. The number of amides is 1. The van der Waals surface area contributed by atoms with Gasteiger partial charge in [0.15, 0.2) is 6.61 Å². The number of aryl methyl sites for hydroxylation is 2. The van der Waals surface area contributed by atoms with Gasteiger partial charge in [0, 0.05) is 0 Å². The Morgan fingerprint density at radius 1 is 1.23 bits per heavy atom. The SMILES string of the molecule is CC(C)C(NC(=O)COc1ccc2c(c1)CCCC2)C(=O)O. The summed E-state index contributed by atoms with van der Waals surface area (Å²) in [6, 6.07) is 5.02. The Morgan fingerprint density at radius 2 is 1.91 bits per heavy atom. The number of carbonyl (C=O) groups excluding carboxylic acids is 1. The van der Waals surface area contributed by atoms with Crippen molar-refractivity contribution in [2.45, 2.75) is 45.6 Å². The predicted octanol–water partition coefficient (Wildman–Crippen LogP) is 2.17. The van der Waals surface area contributed by atoms with Gasteiger partial charge in [-0.1, -0.05) is 19.9 Å². The van der Waals surface area contributed by atoms with E-state index in [0.29, 0.717) is 5.75 Å². The molecule has 0 radical (unpaired) electrons. The molecule has 1 aliphatic rings. The van der Waals surface area contributed by atoms with Crippen molar-refractivity contribution >= 4 is 11.9 Å². The summed E-state index contributed by atoms with van der Waals surface area (Å²) in [5, 5.41) is 11.5. The lowest BCUT2D eigenvalue weighted by Gasteiger charge is -2.19. The summed E-state index contributed by atoms with van der Waals surface area (Å²) < 4.78 is 5.49. The van der Waals surface area contributed by atoms with E-state index in [0.717, 1.165) is 12.8 Å². The average molecular weight is 305 g/mol. The van der Waals surface area contributed by atoms with Crippen molar-refractivity contribution < 1.29 is 19.4 Å². The number of carbonyl (C=O) groups is 2. The van der Waals surface area contributed by atoms with Crippen LogP contribution in [0.25, 0.3) is 0 Å². The van der Waals surface area contributed by atoms with Gasteiger partial charge in [-0.3, -0.25) is 4.79 Å². The van der Waals surface area contributed by atoms with Crippen LogP contribution in [-0.4, -0.2) is 29.6 Å². The summed E-state index contributed by atoms with van der Waals surface area (Å²) in [5.41, 5.74) is 2.64. The molecule has 1 aliphatic carbocycles. The van der Waals surface area contributed by atoms with Crippen LogP contribution in [0, 0.1) is 5.92 Å². The first-order chi connectivity index (χ1) is 10.5. The number of hydrogen-bond acceptors (Lipinski definition) is 3. The van der Waals surface area contributed by atoms with Gasteiger partial charge in [-0.05, 0) is 54.9 Å². The Balaban J connectivity index is 1.89. The van der Waals surface area contributed by atoms with Crippen molar-refractivity contribution in [3.8, 4) is 5.75 Å². The van der Waals surface area contributed by atoms with E-state index in [4.69, 9.17) is 9.84 Å². The summed E-state index contributed by atoms with van der Waals surface area (Å²) in [7, 11) is 0. The van der Waals surface area contributed by atoms with Gasteiger partial charge in [-0.2, -0.15) is 0 Å². The third-order valence-electron chi connectivity index (χ3n) is 3.94. The molecule has 0 spiro atoms. The molecule has 0 heterocycles. The van der Waals surface area contributed by atoms with Gasteiger partial charge in [0.2, 0.25) is 0 Å². The first-order valence-electron chi connectivity index (χ1n) is 7.74. The monoisotopic (exact) mass is 305 g/mol. The van der Waals surface area contributed by atoms with E-state index < -0.39 is 17.9 Å². The molecular weight excluding hydrogens is 282 g/mol. The number of benzene rings is 1. The molecule has 1 amide bonds. The van der Waals surface area contributed by atoms with Gasteiger partial charge in [0.1, 0.15) is 11.8 Å². The van der Waals surface area contributed by atoms with Crippen LogP contribution in [0.4, 0.5) is 0 Å². The van der Waals surface area contributed by atoms with Crippen molar-refractivity contribution in [1.29, 1.82) is 0 Å². The largest absolute Gasteiger partial charge is 0.484 e. The molecule has 5 nitrogen and oxygen atoms in total. The zero-order valence-electron chi connectivity index (χ0n) is 13.1. The van der Waals surface area contributed by atoms with E-state index in [1.165, 1.54) is 24.0 Å². The Kier molecular flexibility index (Phi) is 5.41. The fourth-order valence-corrected chi connectivity index (χ4v) is 2.68. The molecule has 0 aliphatic heterocycles. The molecule has 1 aromatic carbocycles. The zero-order valence-corrected chi connectivity index (χ0v) is 13.1. The average Bonchev–Trinajstić information content (AvgIpc) is 2.49. The second-order valence-corrected chi connectivity index (χ2v) is 6.05. The fraction of sp³-hybridized carbons (Fsp3) is 0.529. The number of rotatable bonds is 6. The lowest BCUT2D eigenvalue weighted by atomic mass is 9.92. The van der Waals surface area contributed by atoms with Crippen LogP contribution in [-0.2, 0) is 22.4 Å². The van der Waals surface area contributed by atoms with Crippen LogP contribution in [0.15, 0.2) is 18.2 Å². The molecule has 1 atom stereocenters. The molecule has 22 heavy (non-hydrogen) atoms. The quantitative estimate of drug-likeness (QED) is 0.844. The molecule has 0 bridgehead atoms. The van der Waals surface area contributed by atoms with E-state index in [1.807, 2.05) is 12.1 Å². The lowest BCUT2D eigenvalue weighted by Crippen LogP contribution is -2.46. The summed E-state index contributed by atoms with van der Waals surface area (Å²) in [6.45, 7) is 3.34. The molecule has 0 aromatic heterocycles. The summed E-state index contributed by atoms with van der Waals surface area (Å²) >= 11 is 0. The van der Waals surface area contributed by atoms with Crippen LogP contribution in [0.5, 0.6) is 5.75 Å². The molecule has 5 heteroatoms. The van der Waals surface area contributed by atoms with E-state index in [1.54, 1.807) is 13.8 Å². The van der Waals surface area contributed by atoms with Gasteiger partial charge in [0.25, 0.3) is 5.91 Å². The topological polar surface area (TPSA) is 75.6 Å². The van der Waals surface area contributed by atoms with Gasteiger partial charge >= 0.3 is 5.97 Å². The van der Waals surface area contributed by atoms with Crippen LogP contribution < -0.4 is 10.1 Å². The molecule has 120 valence electrons. The van der Waals surface area contributed by atoms with E-state index >= 15 is 0 Å². The van der Waals surface area contributed by atoms with Gasteiger partial charge < -0.3 is 15.2 Å². The second kappa shape index (κ2) is 7.29. The summed E-state index contributed by atoms with van der Waals surface area (Å²) in [6.07, 6.45) is 4.56. The van der Waals surface area contributed by atoms with Crippen molar-refractivity contribution in [1.82, 2.24) is 5.32 Å². The number of nitrogens with one attached hydrogen (secondary N) is 1. The lowest BCUT2D eigenvalue weighted by molar-refractivity contribution is -0.143. The highest BCUT2D eigenvalue weighted by Gasteiger charge is 2.23. The summed E-state index contributed by atoms with van der Waals surface area (Å²) in [5.74, 6) is -0.964. The molecule has 0 saturated carbocycles. The van der Waals surface area contributed by atoms with E-state index in [9.17, 15) is 9.59 Å². The highest BCUT2D eigenvalue weighted by molar-refractivity contribution is 5.84. The van der Waals surface area contributed by atoms with Crippen molar-refractivity contribution in [2.24, 2.45) is 5.92 Å². The molecule has 2 rings (SSSR count). The van der Waals surface area contributed by atoms with Crippen molar-refractivity contribution in [2.75, 3.05) is 6.61 Å². The second-order valence-electron chi connectivity index (χ2n) is 6.05. The fourth-order valence-electron chi connectivity index (χ4n) is 2.68. The van der Waals surface area contributed by atoms with E-state index in [-0.39, 0.29) is 12.5 Å². The van der Waals surface area contributed by atoms with Crippen molar-refractivity contribution in [3.63, 3.8) is 0 Å². The number of fused-ring (bicyclic) bond motifs is 1.